The van der Waals surface area contributed by atoms with Gasteiger partial charge in [-0.05, 0) is 12.7 Å². The monoisotopic (exact) mass is 357 g/mol. The van der Waals surface area contributed by atoms with Crippen LogP contribution in [0, 0.1) is 0 Å². The Morgan fingerprint density at radius 2 is 1.04 bits per heavy atom. The molecule has 0 bridgehead atoms. The number of amides is 1. The first-order valence-electron chi connectivity index (χ1n) is 10.6. The van der Waals surface area contributed by atoms with Crippen LogP contribution in [0.4, 0.5) is 0 Å². The maximum atomic E-state index is 11.3. The molecule has 144 valence electrons. The Bertz CT molecular complexity index is 258. The van der Waals surface area contributed by atoms with Crippen molar-refractivity contribution in [1.29, 1.82) is 0 Å². The van der Waals surface area contributed by atoms with Crippen LogP contribution in [0.3, 0.4) is 0 Å². The fourth-order valence-electron chi connectivity index (χ4n) is 3.08. The molecular weight excluding hydrogens is 314 g/mol. The van der Waals surface area contributed by atoms with Crippen LogP contribution in [0.1, 0.15) is 110 Å². The molecule has 2 nitrogen and oxygen atoms in total. The summed E-state index contributed by atoms with van der Waals surface area (Å²) in [5.41, 5.74) is 0. The average Bonchev–Trinajstić information content (AvgIpc) is 2.58. The summed E-state index contributed by atoms with van der Waals surface area (Å²) in [7, 11) is 0. The van der Waals surface area contributed by atoms with Gasteiger partial charge < -0.3 is 5.32 Å². The Labute approximate surface area is 156 Å². The summed E-state index contributed by atoms with van der Waals surface area (Å²) < 4.78 is 0. The summed E-state index contributed by atoms with van der Waals surface area (Å²) >= 11 is 1.59. The van der Waals surface area contributed by atoms with Crippen LogP contribution in [0.15, 0.2) is 0 Å². The molecule has 0 fully saturated rings. The number of thioether (sulfide) groups is 1. The molecule has 0 aromatic heterocycles. The van der Waals surface area contributed by atoms with Gasteiger partial charge in [0.05, 0.1) is 5.75 Å². The number of nitrogens with one attached hydrogen (secondary N) is 1. The van der Waals surface area contributed by atoms with Gasteiger partial charge in [0, 0.05) is 6.54 Å². The molecule has 0 saturated carbocycles. The molecule has 0 aromatic carbocycles. The topological polar surface area (TPSA) is 29.1 Å². The van der Waals surface area contributed by atoms with Gasteiger partial charge in [0.25, 0.3) is 0 Å². The summed E-state index contributed by atoms with van der Waals surface area (Å²) in [4.78, 5) is 11.3. The van der Waals surface area contributed by atoms with Crippen LogP contribution in [-0.2, 0) is 4.79 Å². The molecule has 0 atom stereocenters. The molecule has 0 aliphatic carbocycles. The Morgan fingerprint density at radius 1 is 0.667 bits per heavy atom. The highest BCUT2D eigenvalue weighted by atomic mass is 32.2. The summed E-state index contributed by atoms with van der Waals surface area (Å²) in [6.45, 7) is 3.14. The van der Waals surface area contributed by atoms with Crippen LogP contribution < -0.4 is 5.32 Å². The van der Waals surface area contributed by atoms with Crippen molar-refractivity contribution in [1.82, 2.24) is 5.32 Å². The number of hydrogen-bond donors (Lipinski definition) is 1. The van der Waals surface area contributed by atoms with Gasteiger partial charge in [-0.2, -0.15) is 11.8 Å². The van der Waals surface area contributed by atoms with Gasteiger partial charge >= 0.3 is 0 Å². The second-order valence-electron chi connectivity index (χ2n) is 7.09. The second kappa shape index (κ2) is 20.9. The molecular formula is C21H43NOS. The van der Waals surface area contributed by atoms with E-state index < -0.39 is 0 Å². The van der Waals surface area contributed by atoms with Crippen molar-refractivity contribution in [3.8, 4) is 0 Å². The molecule has 3 heteroatoms. The molecule has 0 rings (SSSR count). The van der Waals surface area contributed by atoms with Crippen LogP contribution in [0.2, 0.25) is 0 Å². The van der Waals surface area contributed by atoms with E-state index in [0.29, 0.717) is 5.75 Å². The van der Waals surface area contributed by atoms with E-state index in [1.54, 1.807) is 11.8 Å². The van der Waals surface area contributed by atoms with Crippen molar-refractivity contribution < 1.29 is 4.79 Å². The van der Waals surface area contributed by atoms with E-state index in [4.69, 9.17) is 0 Å². The van der Waals surface area contributed by atoms with Gasteiger partial charge in [-0.15, -0.1) is 0 Å². The van der Waals surface area contributed by atoms with E-state index in [1.807, 2.05) is 6.26 Å². The molecule has 1 N–H and O–H groups in total. The van der Waals surface area contributed by atoms with Gasteiger partial charge in [-0.1, -0.05) is 103 Å². The van der Waals surface area contributed by atoms with Crippen molar-refractivity contribution >= 4 is 17.7 Å². The Hall–Kier alpha value is -0.180. The largest absolute Gasteiger partial charge is 0.355 e. The minimum atomic E-state index is 0.184. The highest BCUT2D eigenvalue weighted by Gasteiger charge is 1.98. The van der Waals surface area contributed by atoms with Crippen LogP contribution in [-0.4, -0.2) is 24.5 Å². The quantitative estimate of drug-likeness (QED) is 0.260. The highest BCUT2D eigenvalue weighted by Crippen LogP contribution is 2.13. The number of unbranched alkanes of at least 4 members (excludes halogenated alkanes) is 15. The second-order valence-corrected chi connectivity index (χ2v) is 7.95. The van der Waals surface area contributed by atoms with Gasteiger partial charge in [-0.3, -0.25) is 4.79 Å². The van der Waals surface area contributed by atoms with Crippen molar-refractivity contribution in [2.45, 2.75) is 110 Å². The lowest BCUT2D eigenvalue weighted by Crippen LogP contribution is -2.25. The summed E-state index contributed by atoms with van der Waals surface area (Å²) in [6, 6.07) is 0. The summed E-state index contributed by atoms with van der Waals surface area (Å²) in [5.74, 6) is 0.780. The SMILES string of the molecule is CCCCCCCCCCCCCCCCCCNC(=O)CSC. The first-order valence-corrected chi connectivity index (χ1v) is 12.0. The predicted molar refractivity (Wildman–Crippen MR) is 111 cm³/mol. The van der Waals surface area contributed by atoms with E-state index in [9.17, 15) is 4.79 Å². The third kappa shape index (κ3) is 19.9. The number of carbonyl (C=O) groups excluding carboxylic acids is 1. The summed E-state index contributed by atoms with van der Waals surface area (Å²) in [5, 5.41) is 2.97. The smallest absolute Gasteiger partial charge is 0.229 e. The van der Waals surface area contributed by atoms with Crippen LogP contribution >= 0.6 is 11.8 Å². The first kappa shape index (κ1) is 23.8. The minimum Gasteiger partial charge on any atom is -0.355 e. The van der Waals surface area contributed by atoms with Gasteiger partial charge in [0.2, 0.25) is 5.91 Å². The van der Waals surface area contributed by atoms with Crippen molar-refractivity contribution in [3.63, 3.8) is 0 Å². The molecule has 1 amide bonds. The first-order chi connectivity index (χ1) is 11.8. The van der Waals surface area contributed by atoms with Crippen molar-refractivity contribution in [2.24, 2.45) is 0 Å². The molecule has 0 saturated heterocycles. The van der Waals surface area contributed by atoms with Crippen LogP contribution in [0.25, 0.3) is 0 Å². The molecule has 0 aliphatic rings. The lowest BCUT2D eigenvalue weighted by Gasteiger charge is -2.05. The van der Waals surface area contributed by atoms with E-state index in [0.717, 1.165) is 13.0 Å². The molecule has 0 radical (unpaired) electrons. The third-order valence-electron chi connectivity index (χ3n) is 4.63. The van der Waals surface area contributed by atoms with E-state index in [1.165, 1.54) is 96.3 Å². The fourth-order valence-corrected chi connectivity index (χ4v) is 3.45. The number of rotatable bonds is 19. The van der Waals surface area contributed by atoms with Gasteiger partial charge in [0.15, 0.2) is 0 Å². The standard InChI is InChI=1S/C21H43NOS/c1-3-4-5-6-7-8-9-10-11-12-13-14-15-16-17-18-19-22-21(23)20-24-2/h3-20H2,1-2H3,(H,22,23). The summed E-state index contributed by atoms with van der Waals surface area (Å²) in [6.07, 6.45) is 24.2. The number of hydrogen-bond acceptors (Lipinski definition) is 2. The zero-order valence-corrected chi connectivity index (χ0v) is 17.4. The Kier molecular flexibility index (Phi) is 20.7. The fraction of sp³-hybridized carbons (Fsp3) is 0.952. The highest BCUT2D eigenvalue weighted by molar-refractivity contribution is 7.99. The van der Waals surface area contributed by atoms with Crippen molar-refractivity contribution in [3.05, 3.63) is 0 Å². The van der Waals surface area contributed by atoms with Crippen molar-refractivity contribution in [2.75, 3.05) is 18.6 Å². The average molecular weight is 358 g/mol. The lowest BCUT2D eigenvalue weighted by molar-refractivity contribution is -0.118. The zero-order chi connectivity index (χ0) is 17.7. The van der Waals surface area contributed by atoms with E-state index in [2.05, 4.69) is 12.2 Å². The maximum absolute atomic E-state index is 11.3. The molecule has 0 aliphatic heterocycles. The normalized spacial score (nSPS) is 10.9. The Morgan fingerprint density at radius 3 is 1.42 bits per heavy atom. The molecule has 0 heterocycles. The van der Waals surface area contributed by atoms with Gasteiger partial charge in [0.1, 0.15) is 0 Å². The predicted octanol–water partition coefficient (Wildman–Crippen LogP) is 6.73. The number of carbonyl (C=O) groups is 1. The minimum absolute atomic E-state index is 0.184. The zero-order valence-electron chi connectivity index (χ0n) is 16.5. The molecule has 0 spiro atoms. The van der Waals surface area contributed by atoms with E-state index in [-0.39, 0.29) is 5.91 Å². The maximum Gasteiger partial charge on any atom is 0.229 e. The lowest BCUT2D eigenvalue weighted by atomic mass is 10.0. The van der Waals surface area contributed by atoms with E-state index >= 15 is 0 Å². The molecule has 0 aromatic rings. The van der Waals surface area contributed by atoms with Gasteiger partial charge in [-0.25, -0.2) is 0 Å². The third-order valence-corrected chi connectivity index (χ3v) is 5.18. The Balaban J connectivity index is 3.01. The van der Waals surface area contributed by atoms with Crippen LogP contribution in [0.5, 0.6) is 0 Å². The molecule has 24 heavy (non-hydrogen) atoms. The molecule has 0 unspecified atom stereocenters.